The molecule has 4 aliphatic carbocycles. The summed E-state index contributed by atoms with van der Waals surface area (Å²) in [5.41, 5.74) is 0.923. The molecule has 1 amide bonds. The zero-order chi connectivity index (χ0) is 20.2. The van der Waals surface area contributed by atoms with E-state index in [9.17, 15) is 13.2 Å². The van der Waals surface area contributed by atoms with E-state index in [0.717, 1.165) is 55.4 Å². The Morgan fingerprint density at radius 1 is 1.14 bits per heavy atom. The first kappa shape index (κ1) is 19.6. The number of rotatable bonds is 5. The summed E-state index contributed by atoms with van der Waals surface area (Å²) in [6, 6.07) is 6.84. The molecule has 158 valence electrons. The summed E-state index contributed by atoms with van der Waals surface area (Å²) >= 11 is 0. The summed E-state index contributed by atoms with van der Waals surface area (Å²) in [4.78, 5) is 13.4. The molecule has 1 atom stereocenters. The Bertz CT molecular complexity index is 875. The van der Waals surface area contributed by atoms with Crippen LogP contribution in [-0.2, 0) is 14.8 Å². The van der Waals surface area contributed by atoms with E-state index in [1.54, 1.807) is 22.5 Å². The van der Waals surface area contributed by atoms with Crippen LogP contribution in [0.5, 0.6) is 0 Å². The van der Waals surface area contributed by atoms with Crippen LogP contribution < -0.4 is 5.32 Å². The number of aryl methyl sites for hydroxylation is 1. The Labute approximate surface area is 174 Å². The van der Waals surface area contributed by atoms with E-state index in [4.69, 9.17) is 0 Å². The van der Waals surface area contributed by atoms with Gasteiger partial charge < -0.3 is 5.32 Å². The van der Waals surface area contributed by atoms with Crippen LogP contribution >= 0.6 is 0 Å². The molecule has 1 aromatic carbocycles. The molecule has 5 fully saturated rings. The molecule has 6 heteroatoms. The first-order valence-electron chi connectivity index (χ1n) is 11.2. The Morgan fingerprint density at radius 2 is 1.79 bits per heavy atom. The number of carbonyl (C=O) groups excluding carboxylic acids is 1. The zero-order valence-electron chi connectivity index (χ0n) is 17.3. The van der Waals surface area contributed by atoms with Crippen LogP contribution in [0.4, 0.5) is 0 Å². The first-order chi connectivity index (χ1) is 13.8. The number of hydrogen-bond acceptors (Lipinski definition) is 3. The second-order valence-electron chi connectivity index (χ2n) is 10.2. The lowest BCUT2D eigenvalue weighted by Crippen LogP contribution is -2.60. The van der Waals surface area contributed by atoms with Crippen molar-refractivity contribution >= 4 is 15.9 Å². The molecule has 5 nitrogen and oxygen atoms in total. The maximum absolute atomic E-state index is 13.2. The normalized spacial score (nSPS) is 36.4. The molecule has 1 unspecified atom stereocenters. The minimum Gasteiger partial charge on any atom is -0.351 e. The molecule has 1 aromatic rings. The molecular formula is C23H32N2O3S. The van der Waals surface area contributed by atoms with Crippen LogP contribution in [-0.4, -0.2) is 36.8 Å². The molecule has 1 heterocycles. The van der Waals surface area contributed by atoms with Gasteiger partial charge in [-0.05, 0) is 93.7 Å². The van der Waals surface area contributed by atoms with Gasteiger partial charge in [0.25, 0.3) is 0 Å². The molecule has 0 aromatic heterocycles. The molecular weight excluding hydrogens is 384 g/mol. The Balaban J connectivity index is 1.28. The minimum atomic E-state index is -3.56. The number of sulfonamides is 1. The van der Waals surface area contributed by atoms with Crippen molar-refractivity contribution < 1.29 is 13.2 Å². The summed E-state index contributed by atoms with van der Waals surface area (Å²) in [6.45, 7) is 2.41. The standard InChI is InChI=1S/C23H32N2O3S/c1-16-4-2-6-21(8-16)29(27,28)25-7-3-5-20(25)12-22(26)24-23-13-17-9-18(14-23)11-19(10-17)15-23/h2,4,6,8,17-20H,3,5,7,9-15H2,1H3,(H,24,26). The van der Waals surface area contributed by atoms with Gasteiger partial charge in [0.15, 0.2) is 0 Å². The average Bonchev–Trinajstić information content (AvgIpc) is 3.08. The van der Waals surface area contributed by atoms with Gasteiger partial charge in [-0.3, -0.25) is 4.79 Å². The predicted octanol–water partition coefficient (Wildman–Crippen LogP) is 3.62. The Hall–Kier alpha value is -1.40. The van der Waals surface area contributed by atoms with Crippen LogP contribution in [0.2, 0.25) is 0 Å². The third-order valence-corrected chi connectivity index (χ3v) is 9.73. The van der Waals surface area contributed by atoms with Crippen LogP contribution in [0.1, 0.15) is 63.4 Å². The SMILES string of the molecule is Cc1cccc(S(=O)(=O)N2CCCC2CC(=O)NC23CC4CC(CC(C4)C2)C3)c1. The van der Waals surface area contributed by atoms with E-state index in [1.165, 1.54) is 19.3 Å². The fourth-order valence-corrected chi connectivity index (χ4v) is 8.86. The average molecular weight is 417 g/mol. The summed E-state index contributed by atoms with van der Waals surface area (Å²) in [7, 11) is -3.56. The minimum absolute atomic E-state index is 0.00924. The number of carbonyl (C=O) groups is 1. The largest absolute Gasteiger partial charge is 0.351 e. The van der Waals surface area contributed by atoms with Crippen molar-refractivity contribution in [2.45, 2.75) is 81.2 Å². The molecule has 5 aliphatic rings. The quantitative estimate of drug-likeness (QED) is 0.797. The number of amides is 1. The molecule has 1 saturated heterocycles. The molecule has 29 heavy (non-hydrogen) atoms. The lowest BCUT2D eigenvalue weighted by atomic mass is 9.53. The third kappa shape index (κ3) is 3.63. The van der Waals surface area contributed by atoms with E-state index < -0.39 is 10.0 Å². The van der Waals surface area contributed by atoms with E-state index in [1.807, 2.05) is 13.0 Å². The van der Waals surface area contributed by atoms with Crippen molar-refractivity contribution in [3.05, 3.63) is 29.8 Å². The van der Waals surface area contributed by atoms with E-state index in [-0.39, 0.29) is 23.9 Å². The summed E-state index contributed by atoms with van der Waals surface area (Å²) < 4.78 is 27.9. The summed E-state index contributed by atoms with van der Waals surface area (Å²) in [6.07, 6.45) is 9.29. The Morgan fingerprint density at radius 3 is 2.41 bits per heavy atom. The molecule has 1 N–H and O–H groups in total. The summed E-state index contributed by atoms with van der Waals surface area (Å²) in [5, 5.41) is 3.41. The van der Waals surface area contributed by atoms with Gasteiger partial charge in [-0.25, -0.2) is 8.42 Å². The van der Waals surface area contributed by atoms with Crippen molar-refractivity contribution in [3.63, 3.8) is 0 Å². The van der Waals surface area contributed by atoms with Gasteiger partial charge in [0, 0.05) is 24.5 Å². The molecule has 1 aliphatic heterocycles. The second kappa shape index (κ2) is 7.09. The van der Waals surface area contributed by atoms with Crippen molar-refractivity contribution in [2.75, 3.05) is 6.54 Å². The van der Waals surface area contributed by atoms with Gasteiger partial charge >= 0.3 is 0 Å². The molecule has 6 rings (SSSR count). The topological polar surface area (TPSA) is 66.5 Å². The lowest BCUT2D eigenvalue weighted by Gasteiger charge is -2.57. The van der Waals surface area contributed by atoms with Crippen LogP contribution in [0.15, 0.2) is 29.2 Å². The molecule has 4 bridgehead atoms. The van der Waals surface area contributed by atoms with Crippen molar-refractivity contribution in [1.82, 2.24) is 9.62 Å². The van der Waals surface area contributed by atoms with Crippen molar-refractivity contribution in [3.8, 4) is 0 Å². The molecule has 4 saturated carbocycles. The fourth-order valence-electron chi connectivity index (χ4n) is 7.07. The van der Waals surface area contributed by atoms with Crippen LogP contribution in [0, 0.1) is 24.7 Å². The number of hydrogen-bond donors (Lipinski definition) is 1. The summed E-state index contributed by atoms with van der Waals surface area (Å²) in [5.74, 6) is 2.40. The van der Waals surface area contributed by atoms with Crippen molar-refractivity contribution in [2.24, 2.45) is 17.8 Å². The predicted molar refractivity (Wildman–Crippen MR) is 112 cm³/mol. The fraction of sp³-hybridized carbons (Fsp3) is 0.696. The van der Waals surface area contributed by atoms with Crippen LogP contribution in [0.3, 0.4) is 0 Å². The third-order valence-electron chi connectivity index (χ3n) is 7.78. The highest BCUT2D eigenvalue weighted by Gasteiger charge is 2.51. The highest BCUT2D eigenvalue weighted by Crippen LogP contribution is 2.55. The highest BCUT2D eigenvalue weighted by molar-refractivity contribution is 7.89. The Kier molecular flexibility index (Phi) is 4.78. The smallest absolute Gasteiger partial charge is 0.243 e. The maximum Gasteiger partial charge on any atom is 0.243 e. The zero-order valence-corrected chi connectivity index (χ0v) is 18.1. The van der Waals surface area contributed by atoms with Gasteiger partial charge in [-0.1, -0.05) is 12.1 Å². The van der Waals surface area contributed by atoms with E-state index >= 15 is 0 Å². The number of nitrogens with one attached hydrogen (secondary N) is 1. The van der Waals surface area contributed by atoms with Crippen LogP contribution in [0.25, 0.3) is 0 Å². The molecule has 0 radical (unpaired) electrons. The maximum atomic E-state index is 13.2. The van der Waals surface area contributed by atoms with E-state index in [2.05, 4.69) is 5.32 Å². The first-order valence-corrected chi connectivity index (χ1v) is 12.7. The number of benzene rings is 1. The van der Waals surface area contributed by atoms with Gasteiger partial charge in [0.05, 0.1) is 4.90 Å². The lowest BCUT2D eigenvalue weighted by molar-refractivity contribution is -0.127. The van der Waals surface area contributed by atoms with E-state index in [0.29, 0.717) is 11.4 Å². The van der Waals surface area contributed by atoms with Crippen molar-refractivity contribution in [1.29, 1.82) is 0 Å². The van der Waals surface area contributed by atoms with Gasteiger partial charge in [-0.2, -0.15) is 4.31 Å². The van der Waals surface area contributed by atoms with Gasteiger partial charge in [0.2, 0.25) is 15.9 Å². The monoisotopic (exact) mass is 416 g/mol. The second-order valence-corrected chi connectivity index (χ2v) is 12.1. The van der Waals surface area contributed by atoms with Gasteiger partial charge in [0.1, 0.15) is 0 Å². The molecule has 0 spiro atoms. The van der Waals surface area contributed by atoms with Gasteiger partial charge in [-0.15, -0.1) is 0 Å². The number of nitrogens with zero attached hydrogens (tertiary/aromatic N) is 1. The highest BCUT2D eigenvalue weighted by atomic mass is 32.2.